The molecular weight excluding hydrogens is 255 g/mol. The van der Waals surface area contributed by atoms with E-state index in [4.69, 9.17) is 0 Å². The summed E-state index contributed by atoms with van der Waals surface area (Å²) >= 11 is 0. The fraction of sp³-hybridized carbons (Fsp3) is 0.214. The van der Waals surface area contributed by atoms with E-state index in [0.717, 1.165) is 17.7 Å². The Morgan fingerprint density at radius 1 is 1.16 bits per heavy atom. The second-order valence-electron chi connectivity index (χ2n) is 4.28. The Bertz CT molecular complexity index is 593. The third-order valence-corrected chi connectivity index (χ3v) is 2.79. The number of nitrogens with zero attached hydrogens (tertiary/aromatic N) is 1. The minimum Gasteiger partial charge on any atom is -0.392 e. The predicted octanol–water partition coefficient (Wildman–Crippen LogP) is 3.57. The van der Waals surface area contributed by atoms with Crippen LogP contribution in [0.1, 0.15) is 16.7 Å². The van der Waals surface area contributed by atoms with Crippen LogP contribution in [0.25, 0.3) is 11.1 Å². The highest BCUT2D eigenvalue weighted by Gasteiger charge is 2.30. The quantitative estimate of drug-likeness (QED) is 0.902. The van der Waals surface area contributed by atoms with Gasteiger partial charge in [-0.05, 0) is 41.8 Å². The van der Waals surface area contributed by atoms with Crippen molar-refractivity contribution >= 4 is 0 Å². The Balaban J connectivity index is 2.53. The molecule has 0 unspecified atom stereocenters. The van der Waals surface area contributed by atoms with E-state index in [-0.39, 0.29) is 5.56 Å². The first-order valence-corrected chi connectivity index (χ1v) is 5.65. The number of rotatable bonds is 2. The van der Waals surface area contributed by atoms with Gasteiger partial charge in [0.1, 0.15) is 0 Å². The Kier molecular flexibility index (Phi) is 3.57. The first-order chi connectivity index (χ1) is 8.91. The fourth-order valence-corrected chi connectivity index (χ4v) is 1.88. The zero-order valence-corrected chi connectivity index (χ0v) is 10.2. The molecule has 5 heteroatoms. The molecule has 0 bridgehead atoms. The van der Waals surface area contributed by atoms with Crippen LogP contribution in [-0.2, 0) is 12.8 Å². The molecular formula is C14H12F3NO. The summed E-state index contributed by atoms with van der Waals surface area (Å²) in [6.07, 6.45) is -1.19. The number of aryl methyl sites for hydroxylation is 1. The summed E-state index contributed by atoms with van der Waals surface area (Å²) in [6, 6.07) is 5.16. The van der Waals surface area contributed by atoms with Crippen LogP contribution in [0.5, 0.6) is 0 Å². The first-order valence-electron chi connectivity index (χ1n) is 5.65. The zero-order valence-electron chi connectivity index (χ0n) is 10.2. The number of aliphatic hydroxyl groups excluding tert-OH is 1. The lowest BCUT2D eigenvalue weighted by molar-refractivity contribution is -0.137. The third-order valence-electron chi connectivity index (χ3n) is 2.79. The molecule has 1 aromatic carbocycles. The molecule has 0 aliphatic rings. The maximum atomic E-state index is 12.6. The minimum absolute atomic E-state index is 0.238. The number of hydrogen-bond donors (Lipinski definition) is 1. The molecule has 2 aromatic rings. The fourth-order valence-electron chi connectivity index (χ4n) is 1.88. The highest BCUT2D eigenvalue weighted by atomic mass is 19.4. The monoisotopic (exact) mass is 267 g/mol. The summed E-state index contributed by atoms with van der Waals surface area (Å²) < 4.78 is 37.8. The molecule has 0 aliphatic heterocycles. The number of halogens is 3. The van der Waals surface area contributed by atoms with Gasteiger partial charge in [0.2, 0.25) is 0 Å². The van der Waals surface area contributed by atoms with Crippen LogP contribution in [0.4, 0.5) is 13.2 Å². The van der Waals surface area contributed by atoms with Crippen LogP contribution in [0.2, 0.25) is 0 Å². The molecule has 0 aliphatic carbocycles. The number of alkyl halides is 3. The van der Waals surface area contributed by atoms with Crippen molar-refractivity contribution in [3.8, 4) is 11.1 Å². The van der Waals surface area contributed by atoms with Gasteiger partial charge in [-0.2, -0.15) is 13.2 Å². The van der Waals surface area contributed by atoms with E-state index in [0.29, 0.717) is 11.1 Å². The first kappa shape index (κ1) is 13.5. The van der Waals surface area contributed by atoms with Gasteiger partial charge in [0.25, 0.3) is 0 Å². The standard InChI is InChI=1S/C14H12F3NO/c1-9-4-10(7-18-6-9)13-3-2-12(14(15,16)17)5-11(13)8-19/h2-7,19H,8H2,1H3. The molecule has 0 amide bonds. The normalized spacial score (nSPS) is 11.6. The summed E-state index contributed by atoms with van der Waals surface area (Å²) in [5.41, 5.74) is 1.63. The molecule has 2 rings (SSSR count). The number of aliphatic hydroxyl groups is 1. The topological polar surface area (TPSA) is 33.1 Å². The van der Waals surface area contributed by atoms with Gasteiger partial charge in [0.05, 0.1) is 12.2 Å². The molecule has 0 saturated carbocycles. The van der Waals surface area contributed by atoms with Gasteiger partial charge in [-0.3, -0.25) is 4.98 Å². The molecule has 1 N–H and O–H groups in total. The summed E-state index contributed by atoms with van der Waals surface area (Å²) in [7, 11) is 0. The smallest absolute Gasteiger partial charge is 0.392 e. The van der Waals surface area contributed by atoms with Crippen molar-refractivity contribution in [1.82, 2.24) is 4.98 Å². The van der Waals surface area contributed by atoms with Gasteiger partial charge in [0, 0.05) is 18.0 Å². The lowest BCUT2D eigenvalue weighted by atomic mass is 9.98. The van der Waals surface area contributed by atoms with Gasteiger partial charge in [-0.1, -0.05) is 6.07 Å². The van der Waals surface area contributed by atoms with Crippen LogP contribution >= 0.6 is 0 Å². The molecule has 1 heterocycles. The maximum absolute atomic E-state index is 12.6. The van der Waals surface area contributed by atoms with E-state index in [9.17, 15) is 18.3 Å². The van der Waals surface area contributed by atoms with Crippen molar-refractivity contribution in [3.63, 3.8) is 0 Å². The summed E-state index contributed by atoms with van der Waals surface area (Å²) in [5.74, 6) is 0. The van der Waals surface area contributed by atoms with Crippen LogP contribution in [0.3, 0.4) is 0 Å². The molecule has 0 atom stereocenters. The molecule has 0 fully saturated rings. The van der Waals surface area contributed by atoms with Crippen molar-refractivity contribution in [1.29, 1.82) is 0 Å². The van der Waals surface area contributed by atoms with Crippen molar-refractivity contribution in [3.05, 3.63) is 53.3 Å². The highest BCUT2D eigenvalue weighted by molar-refractivity contribution is 5.67. The largest absolute Gasteiger partial charge is 0.416 e. The van der Waals surface area contributed by atoms with Gasteiger partial charge < -0.3 is 5.11 Å². The summed E-state index contributed by atoms with van der Waals surface area (Å²) in [4.78, 5) is 4.00. The Morgan fingerprint density at radius 3 is 2.47 bits per heavy atom. The lowest BCUT2D eigenvalue weighted by Crippen LogP contribution is -2.06. The molecule has 100 valence electrons. The Morgan fingerprint density at radius 2 is 1.89 bits per heavy atom. The number of pyridine rings is 1. The average molecular weight is 267 g/mol. The molecule has 0 radical (unpaired) electrons. The average Bonchev–Trinajstić information content (AvgIpc) is 2.37. The van der Waals surface area contributed by atoms with E-state index in [1.165, 1.54) is 6.07 Å². The zero-order chi connectivity index (χ0) is 14.0. The number of hydrogen-bond acceptors (Lipinski definition) is 2. The van der Waals surface area contributed by atoms with Gasteiger partial charge in [-0.15, -0.1) is 0 Å². The molecule has 0 spiro atoms. The molecule has 0 saturated heterocycles. The van der Waals surface area contributed by atoms with Crippen LogP contribution in [0, 0.1) is 6.92 Å². The van der Waals surface area contributed by atoms with Gasteiger partial charge in [-0.25, -0.2) is 0 Å². The Labute approximate surface area is 108 Å². The van der Waals surface area contributed by atoms with E-state index in [1.54, 1.807) is 12.4 Å². The minimum atomic E-state index is -4.41. The van der Waals surface area contributed by atoms with E-state index in [2.05, 4.69) is 4.98 Å². The number of benzene rings is 1. The van der Waals surface area contributed by atoms with E-state index in [1.807, 2.05) is 13.0 Å². The molecule has 1 aromatic heterocycles. The second-order valence-corrected chi connectivity index (χ2v) is 4.28. The maximum Gasteiger partial charge on any atom is 0.416 e. The Hall–Kier alpha value is -1.88. The highest BCUT2D eigenvalue weighted by Crippen LogP contribution is 2.33. The third kappa shape index (κ3) is 2.93. The van der Waals surface area contributed by atoms with Crippen molar-refractivity contribution in [2.75, 3.05) is 0 Å². The second kappa shape index (κ2) is 5.01. The van der Waals surface area contributed by atoms with E-state index >= 15 is 0 Å². The van der Waals surface area contributed by atoms with Crippen LogP contribution in [-0.4, -0.2) is 10.1 Å². The van der Waals surface area contributed by atoms with Gasteiger partial charge in [0.15, 0.2) is 0 Å². The molecule has 19 heavy (non-hydrogen) atoms. The van der Waals surface area contributed by atoms with Crippen LogP contribution in [0.15, 0.2) is 36.7 Å². The van der Waals surface area contributed by atoms with Crippen molar-refractivity contribution in [2.45, 2.75) is 19.7 Å². The summed E-state index contributed by atoms with van der Waals surface area (Å²) in [5, 5.41) is 9.25. The van der Waals surface area contributed by atoms with E-state index < -0.39 is 18.3 Å². The van der Waals surface area contributed by atoms with Crippen LogP contribution < -0.4 is 0 Å². The summed E-state index contributed by atoms with van der Waals surface area (Å²) in [6.45, 7) is 1.40. The number of aromatic nitrogens is 1. The van der Waals surface area contributed by atoms with Gasteiger partial charge >= 0.3 is 6.18 Å². The predicted molar refractivity (Wildman–Crippen MR) is 65.3 cm³/mol. The lowest BCUT2D eigenvalue weighted by Gasteiger charge is -2.12. The van der Waals surface area contributed by atoms with Crippen molar-refractivity contribution < 1.29 is 18.3 Å². The molecule has 2 nitrogen and oxygen atoms in total. The SMILES string of the molecule is Cc1cncc(-c2ccc(C(F)(F)F)cc2CO)c1. The van der Waals surface area contributed by atoms with Crippen molar-refractivity contribution in [2.24, 2.45) is 0 Å².